The van der Waals surface area contributed by atoms with Crippen LogP contribution in [0.3, 0.4) is 0 Å². The molecular formula is C42H54N7O9PS. The number of oxazole rings is 1. The Morgan fingerprint density at radius 3 is 2.57 bits per heavy atom. The third-order valence-electron chi connectivity index (χ3n) is 11.3. The largest absolute Gasteiger partial charge is 0.497 e. The predicted molar refractivity (Wildman–Crippen MR) is 227 cm³/mol. The number of likely N-dealkylation sites (tertiary alicyclic amines) is 1. The average molecular weight is 864 g/mol. The van der Waals surface area contributed by atoms with Crippen LogP contribution in [0.15, 0.2) is 59.2 Å². The molecule has 1 saturated heterocycles. The third kappa shape index (κ3) is 9.18. The number of thiazole rings is 1. The molecule has 4 heterocycles. The van der Waals surface area contributed by atoms with Crippen molar-refractivity contribution >= 4 is 52.6 Å². The number of nitrogens with one attached hydrogen (secondary N) is 3. The number of alkyl carbamates (subject to hydrolysis) is 1. The number of anilines is 1. The van der Waals surface area contributed by atoms with Crippen LogP contribution in [-0.2, 0) is 25.1 Å². The molecule has 3 aromatic heterocycles. The summed E-state index contributed by atoms with van der Waals surface area (Å²) in [5.41, 5.74) is 0.960. The van der Waals surface area contributed by atoms with Gasteiger partial charge in [0.05, 0.1) is 31.1 Å². The van der Waals surface area contributed by atoms with Gasteiger partial charge in [0.15, 0.2) is 5.13 Å². The number of carbonyl (C=O) groups is 3. The first-order chi connectivity index (χ1) is 28.5. The molecule has 4 N–H and O–H groups in total. The normalized spacial score (nSPS) is 23.2. The van der Waals surface area contributed by atoms with Gasteiger partial charge < -0.3 is 44.4 Å². The van der Waals surface area contributed by atoms with E-state index in [-0.39, 0.29) is 37.4 Å². The van der Waals surface area contributed by atoms with Crippen molar-refractivity contribution in [2.45, 2.75) is 115 Å². The van der Waals surface area contributed by atoms with Crippen LogP contribution >= 0.6 is 18.7 Å². The zero-order chi connectivity index (χ0) is 43.0. The van der Waals surface area contributed by atoms with Crippen molar-refractivity contribution < 1.29 is 42.5 Å². The van der Waals surface area contributed by atoms with Gasteiger partial charge in [0.1, 0.15) is 59.2 Å². The number of amides is 3. The van der Waals surface area contributed by atoms with E-state index in [1.807, 2.05) is 46.1 Å². The van der Waals surface area contributed by atoms with Crippen molar-refractivity contribution in [1.29, 1.82) is 0 Å². The molecule has 18 heteroatoms. The van der Waals surface area contributed by atoms with Gasteiger partial charge in [0, 0.05) is 41.3 Å². The lowest BCUT2D eigenvalue weighted by Gasteiger charge is -2.35. The van der Waals surface area contributed by atoms with E-state index in [4.69, 9.17) is 28.6 Å². The Kier molecular flexibility index (Phi) is 12.3. The van der Waals surface area contributed by atoms with Gasteiger partial charge in [-0.3, -0.25) is 14.2 Å². The zero-order valence-electron chi connectivity index (χ0n) is 34.8. The molecule has 0 bridgehead atoms. The van der Waals surface area contributed by atoms with E-state index in [1.165, 1.54) is 28.7 Å². The Hall–Kier alpha value is -4.99. The number of ether oxygens (including phenoxy) is 3. The SMILES string of the molecule is C=C[C@@H]1C[C@]1(NC(=O)[C@@H]1C[C@@H](Oc2cc(-c3csc(NC(C)C)n3)nc3cc(OC)ccc23)CN1C(=O)[C@@H](NC(=O)OC1CCCC1)C(C)(C)C)P(=O)(O)Cc1ncco1. The van der Waals surface area contributed by atoms with E-state index >= 15 is 0 Å². The Morgan fingerprint density at radius 1 is 1.15 bits per heavy atom. The lowest BCUT2D eigenvalue weighted by molar-refractivity contribution is -0.142. The number of nitrogens with zero attached hydrogens (tertiary/aromatic N) is 4. The van der Waals surface area contributed by atoms with Crippen LogP contribution in [-0.4, -0.2) is 91.9 Å². The number of pyridine rings is 1. The highest BCUT2D eigenvalue weighted by atomic mass is 32.1. The number of aromatic nitrogens is 3. The van der Waals surface area contributed by atoms with E-state index in [0.29, 0.717) is 33.8 Å². The fraction of sp³-hybridized carbons (Fsp3) is 0.524. The summed E-state index contributed by atoms with van der Waals surface area (Å²) in [6.45, 7) is 13.3. The molecule has 2 aliphatic carbocycles. The van der Waals surface area contributed by atoms with Gasteiger partial charge >= 0.3 is 6.09 Å². The molecule has 0 radical (unpaired) electrons. The Morgan fingerprint density at radius 2 is 1.92 bits per heavy atom. The van der Waals surface area contributed by atoms with Crippen LogP contribution in [0.25, 0.3) is 22.3 Å². The second-order valence-electron chi connectivity index (χ2n) is 17.2. The molecule has 3 fully saturated rings. The van der Waals surface area contributed by atoms with Crippen LogP contribution in [0.2, 0.25) is 0 Å². The van der Waals surface area contributed by atoms with Crippen molar-refractivity contribution in [1.82, 2.24) is 30.5 Å². The highest BCUT2D eigenvalue weighted by molar-refractivity contribution is 7.59. The van der Waals surface area contributed by atoms with E-state index in [1.54, 1.807) is 31.4 Å². The quantitative estimate of drug-likeness (QED) is 0.0696. The second-order valence-corrected chi connectivity index (χ2v) is 20.6. The second kappa shape index (κ2) is 17.2. The van der Waals surface area contributed by atoms with Gasteiger partial charge in [-0.2, -0.15) is 0 Å². The molecular weight excluding hydrogens is 810 g/mol. The number of fused-ring (bicyclic) bond motifs is 1. The number of benzene rings is 1. The van der Waals surface area contributed by atoms with Crippen LogP contribution in [0, 0.1) is 11.3 Å². The molecule has 7 rings (SSSR count). The smallest absolute Gasteiger partial charge is 0.408 e. The summed E-state index contributed by atoms with van der Waals surface area (Å²) in [7, 11) is -2.63. The fourth-order valence-electron chi connectivity index (χ4n) is 8.05. The highest BCUT2D eigenvalue weighted by Gasteiger charge is 2.66. The van der Waals surface area contributed by atoms with Crippen molar-refractivity contribution in [3.05, 3.63) is 60.7 Å². The number of rotatable bonds is 15. The van der Waals surface area contributed by atoms with E-state index in [9.17, 15) is 23.8 Å². The molecule has 3 aliphatic rings. The first-order valence-corrected chi connectivity index (χ1v) is 23.0. The molecule has 6 atom stereocenters. The van der Waals surface area contributed by atoms with Crippen LogP contribution in [0.4, 0.5) is 9.93 Å². The van der Waals surface area contributed by atoms with E-state index in [2.05, 4.69) is 27.5 Å². The van der Waals surface area contributed by atoms with Gasteiger partial charge in [0.2, 0.25) is 25.1 Å². The summed E-state index contributed by atoms with van der Waals surface area (Å²) >= 11 is 1.45. The molecule has 60 heavy (non-hydrogen) atoms. The Labute approximate surface area is 353 Å². The molecule has 1 unspecified atom stereocenters. The first kappa shape index (κ1) is 43.1. The van der Waals surface area contributed by atoms with Gasteiger partial charge in [-0.25, -0.2) is 19.7 Å². The molecule has 4 aromatic rings. The summed E-state index contributed by atoms with van der Waals surface area (Å²) < 4.78 is 37.4. The minimum Gasteiger partial charge on any atom is -0.497 e. The average Bonchev–Trinajstić information content (AvgIpc) is 3.81. The van der Waals surface area contributed by atoms with Crippen molar-refractivity contribution in [3.63, 3.8) is 0 Å². The maximum absolute atomic E-state index is 14.8. The van der Waals surface area contributed by atoms with E-state index in [0.717, 1.165) is 30.8 Å². The first-order valence-electron chi connectivity index (χ1n) is 20.3. The zero-order valence-corrected chi connectivity index (χ0v) is 36.5. The minimum atomic E-state index is -4.20. The fourth-order valence-corrected chi connectivity index (χ4v) is 11.1. The standard InChI is InChI=1S/C42H54N7O9PS/c1-8-25-20-42(25,59(53,54)22-35-43-15-16-56-35)48-37(50)33-18-28(21-49(33)38(51)36(41(4,5)6)47-40(52)58-26-11-9-10-12-26)57-34-19-31(32-23-60-39(46-32)44-24(2)3)45-30-17-27(55-7)13-14-29(30)34/h8,13-17,19,23-26,28,33,36H,1,9-12,18,20-22H2,2-7H3,(H,44,46)(H,47,52)(H,48,50)(H,53,54)/t25-,28-,33+,36-,42+/m1/s1. The lowest BCUT2D eigenvalue weighted by Crippen LogP contribution is -2.58. The number of methoxy groups -OCH3 is 1. The highest BCUT2D eigenvalue weighted by Crippen LogP contribution is 2.70. The van der Waals surface area contributed by atoms with Crippen molar-refractivity contribution in [3.8, 4) is 22.9 Å². The molecule has 322 valence electrons. The topological polar surface area (TPSA) is 207 Å². The summed E-state index contributed by atoms with van der Waals surface area (Å²) in [5.74, 6) is -0.572. The van der Waals surface area contributed by atoms with Crippen LogP contribution in [0.1, 0.15) is 79.0 Å². The van der Waals surface area contributed by atoms with Crippen molar-refractivity contribution in [2.24, 2.45) is 11.3 Å². The van der Waals surface area contributed by atoms with Crippen molar-refractivity contribution in [2.75, 3.05) is 19.0 Å². The summed E-state index contributed by atoms with van der Waals surface area (Å²) in [6.07, 6.45) is 5.78. The number of hydrogen-bond acceptors (Lipinski definition) is 13. The molecule has 3 amide bonds. The summed E-state index contributed by atoms with van der Waals surface area (Å²) in [6, 6.07) is 5.16. The summed E-state index contributed by atoms with van der Waals surface area (Å²) in [4.78, 5) is 69.3. The Bertz CT molecular complexity index is 2270. The van der Waals surface area contributed by atoms with Crippen LogP contribution in [0.5, 0.6) is 11.5 Å². The predicted octanol–water partition coefficient (Wildman–Crippen LogP) is 7.10. The lowest BCUT2D eigenvalue weighted by atomic mass is 9.85. The van der Waals surface area contributed by atoms with Gasteiger partial charge in [-0.15, -0.1) is 17.9 Å². The van der Waals surface area contributed by atoms with Gasteiger partial charge in [0.25, 0.3) is 0 Å². The monoisotopic (exact) mass is 863 g/mol. The van der Waals surface area contributed by atoms with Gasteiger partial charge in [-0.05, 0) is 63.5 Å². The molecule has 1 aliphatic heterocycles. The molecule has 2 saturated carbocycles. The molecule has 1 aromatic carbocycles. The van der Waals surface area contributed by atoms with E-state index < -0.39 is 66.2 Å². The molecule has 0 spiro atoms. The third-order valence-corrected chi connectivity index (χ3v) is 14.7. The maximum atomic E-state index is 14.8. The Balaban J connectivity index is 1.22. The molecule has 16 nitrogen and oxygen atoms in total. The maximum Gasteiger partial charge on any atom is 0.408 e. The van der Waals surface area contributed by atoms with Crippen LogP contribution < -0.4 is 25.4 Å². The summed E-state index contributed by atoms with van der Waals surface area (Å²) in [5, 5.41) is 10.8. The number of carbonyl (C=O) groups excluding carboxylic acids is 3. The van der Waals surface area contributed by atoms with Gasteiger partial charge in [-0.1, -0.05) is 26.8 Å². The minimum absolute atomic E-state index is 0.0275. The number of hydrogen-bond donors (Lipinski definition) is 4.